The second-order valence-electron chi connectivity index (χ2n) is 9.17. The van der Waals surface area contributed by atoms with Gasteiger partial charge in [0.05, 0.1) is 7.11 Å². The van der Waals surface area contributed by atoms with Crippen molar-refractivity contribution in [3.8, 4) is 11.5 Å². The number of ether oxygens (including phenoxy) is 4. The Morgan fingerprint density at radius 2 is 1.61 bits per heavy atom. The van der Waals surface area contributed by atoms with Crippen molar-refractivity contribution < 1.29 is 28.5 Å². The summed E-state index contributed by atoms with van der Waals surface area (Å²) in [6, 6.07) is 23.0. The zero-order chi connectivity index (χ0) is 25.3. The van der Waals surface area contributed by atoms with Gasteiger partial charge in [-0.05, 0) is 34.9 Å². The largest absolute Gasteiger partial charge is 0.493 e. The first-order valence-electron chi connectivity index (χ1n) is 11.7. The van der Waals surface area contributed by atoms with Crippen LogP contribution >= 0.6 is 0 Å². The molecule has 1 aromatic heterocycles. The highest BCUT2D eigenvalue weighted by atomic mass is 16.7. The van der Waals surface area contributed by atoms with E-state index < -0.39 is 29.6 Å². The molecule has 1 aliphatic rings. The molecular formula is C29H27NO6. The number of aromatic nitrogens is 1. The van der Waals surface area contributed by atoms with Gasteiger partial charge < -0.3 is 23.9 Å². The van der Waals surface area contributed by atoms with Gasteiger partial charge in [0.15, 0.2) is 17.4 Å². The summed E-state index contributed by atoms with van der Waals surface area (Å²) in [4.78, 5) is 29.6. The first-order chi connectivity index (χ1) is 17.4. The third kappa shape index (κ3) is 4.52. The van der Waals surface area contributed by atoms with E-state index in [4.69, 9.17) is 18.9 Å². The number of H-pyrrole nitrogens is 1. The van der Waals surface area contributed by atoms with Gasteiger partial charge in [0.2, 0.25) is 0 Å². The molecule has 0 bridgehead atoms. The Hall–Kier alpha value is -4.26. The van der Waals surface area contributed by atoms with E-state index in [-0.39, 0.29) is 0 Å². The molecule has 0 unspecified atom stereocenters. The van der Waals surface area contributed by atoms with Crippen molar-refractivity contribution in [2.45, 2.75) is 32.2 Å². The van der Waals surface area contributed by atoms with E-state index >= 15 is 0 Å². The molecule has 1 aliphatic heterocycles. The number of hydrogen-bond donors (Lipinski definition) is 1. The number of fused-ring (bicyclic) bond motifs is 1. The summed E-state index contributed by atoms with van der Waals surface area (Å²) in [7, 11) is 1.56. The van der Waals surface area contributed by atoms with Crippen LogP contribution in [0.3, 0.4) is 0 Å². The van der Waals surface area contributed by atoms with Crippen molar-refractivity contribution in [2.75, 3.05) is 7.11 Å². The molecule has 0 saturated carbocycles. The first kappa shape index (κ1) is 23.5. The van der Waals surface area contributed by atoms with Gasteiger partial charge in [-0.1, -0.05) is 54.6 Å². The van der Waals surface area contributed by atoms with E-state index in [9.17, 15) is 9.59 Å². The molecule has 1 atom stereocenters. The molecule has 7 heteroatoms. The number of carbonyl (C=O) groups excluding carboxylic acids is 2. The van der Waals surface area contributed by atoms with E-state index in [1.54, 1.807) is 33.1 Å². The maximum Gasteiger partial charge on any atom is 0.324 e. The number of benzene rings is 3. The average molecular weight is 486 g/mol. The van der Waals surface area contributed by atoms with E-state index in [0.29, 0.717) is 23.7 Å². The van der Waals surface area contributed by atoms with Gasteiger partial charge in [0, 0.05) is 36.9 Å². The molecule has 0 aliphatic carbocycles. The zero-order valence-corrected chi connectivity index (χ0v) is 20.3. The van der Waals surface area contributed by atoms with Crippen LogP contribution in [0.25, 0.3) is 10.9 Å². The molecule has 3 aromatic carbocycles. The van der Waals surface area contributed by atoms with Gasteiger partial charge in [-0.3, -0.25) is 9.59 Å². The van der Waals surface area contributed by atoms with Crippen LogP contribution in [0.4, 0.5) is 0 Å². The lowest BCUT2D eigenvalue weighted by Gasteiger charge is -2.36. The lowest BCUT2D eigenvalue weighted by molar-refractivity contribution is -0.240. The Kier molecular flexibility index (Phi) is 6.14. The fourth-order valence-corrected chi connectivity index (χ4v) is 4.64. The second kappa shape index (κ2) is 9.41. The molecule has 184 valence electrons. The highest BCUT2D eigenvalue weighted by Gasteiger charge is 2.48. The summed E-state index contributed by atoms with van der Waals surface area (Å²) in [5.41, 5.74) is 3.40. The molecule has 2 heterocycles. The van der Waals surface area contributed by atoms with Crippen LogP contribution < -0.4 is 9.47 Å². The third-order valence-electron chi connectivity index (χ3n) is 6.27. The minimum Gasteiger partial charge on any atom is -0.493 e. The molecule has 1 N–H and O–H groups in total. The molecule has 7 nitrogen and oxygen atoms in total. The smallest absolute Gasteiger partial charge is 0.324 e. The number of hydrogen-bond acceptors (Lipinski definition) is 6. The van der Waals surface area contributed by atoms with E-state index in [1.807, 2.05) is 66.9 Å². The normalized spacial score (nSPS) is 16.3. The van der Waals surface area contributed by atoms with Crippen LogP contribution in [-0.2, 0) is 25.7 Å². The SMILES string of the molecule is COc1cc([C@H](c2c[nH]c3ccccc23)C2C(=O)OC(C)(C)OC2=O)ccc1OCc1ccccc1. The monoisotopic (exact) mass is 485 g/mol. The summed E-state index contributed by atoms with van der Waals surface area (Å²) in [5.74, 6) is -3.39. The lowest BCUT2D eigenvalue weighted by Crippen LogP contribution is -2.48. The molecule has 4 aromatic rings. The maximum absolute atomic E-state index is 13.2. The van der Waals surface area contributed by atoms with Crippen LogP contribution in [0, 0.1) is 5.92 Å². The Morgan fingerprint density at radius 3 is 2.33 bits per heavy atom. The molecule has 0 spiro atoms. The van der Waals surface area contributed by atoms with Crippen molar-refractivity contribution in [2.24, 2.45) is 5.92 Å². The van der Waals surface area contributed by atoms with Crippen molar-refractivity contribution >= 4 is 22.8 Å². The topological polar surface area (TPSA) is 86.9 Å². The first-order valence-corrected chi connectivity index (χ1v) is 11.7. The molecule has 0 amide bonds. The van der Waals surface area contributed by atoms with Gasteiger partial charge in [-0.15, -0.1) is 0 Å². The van der Waals surface area contributed by atoms with Crippen LogP contribution in [0.1, 0.15) is 36.5 Å². The molecule has 1 saturated heterocycles. The Labute approximate surface area is 208 Å². The average Bonchev–Trinajstić information content (AvgIpc) is 3.28. The number of carbonyl (C=O) groups is 2. The number of nitrogens with one attached hydrogen (secondary N) is 1. The standard InChI is InChI=1S/C29H27NO6/c1-29(2)35-27(31)26(28(32)36-29)25(21-16-30-22-12-8-7-11-20(21)22)19-13-14-23(24(15-19)33-3)34-17-18-9-5-4-6-10-18/h4-16,25-26,30H,17H2,1-3H3/t25-/m1/s1. The minimum absolute atomic E-state index is 0.374. The van der Waals surface area contributed by atoms with Crippen LogP contribution in [-0.4, -0.2) is 29.8 Å². The molecular weight excluding hydrogens is 458 g/mol. The number of cyclic esters (lactones) is 2. The summed E-state index contributed by atoms with van der Waals surface area (Å²) in [5, 5.41) is 0.899. The maximum atomic E-state index is 13.2. The van der Waals surface area contributed by atoms with Gasteiger partial charge in [-0.2, -0.15) is 0 Å². The van der Waals surface area contributed by atoms with E-state index in [0.717, 1.165) is 22.0 Å². The summed E-state index contributed by atoms with van der Waals surface area (Å²) in [6.07, 6.45) is 1.82. The van der Waals surface area contributed by atoms with E-state index in [1.165, 1.54) is 0 Å². The van der Waals surface area contributed by atoms with Crippen molar-refractivity contribution in [3.05, 3.63) is 95.7 Å². The quantitative estimate of drug-likeness (QED) is 0.281. The molecule has 1 fully saturated rings. The Balaban J connectivity index is 1.56. The fraction of sp³-hybridized carbons (Fsp3) is 0.241. The van der Waals surface area contributed by atoms with Crippen LogP contribution in [0.2, 0.25) is 0 Å². The van der Waals surface area contributed by atoms with Crippen LogP contribution in [0.15, 0.2) is 79.0 Å². The van der Waals surface area contributed by atoms with Crippen molar-refractivity contribution in [1.82, 2.24) is 4.98 Å². The Morgan fingerprint density at radius 1 is 0.917 bits per heavy atom. The number of para-hydroxylation sites is 1. The predicted octanol–water partition coefficient (Wildman–Crippen LogP) is 5.34. The highest BCUT2D eigenvalue weighted by Crippen LogP contribution is 2.43. The third-order valence-corrected chi connectivity index (χ3v) is 6.27. The minimum atomic E-state index is -1.32. The number of rotatable bonds is 7. The molecule has 5 rings (SSSR count). The predicted molar refractivity (Wildman–Crippen MR) is 134 cm³/mol. The van der Waals surface area contributed by atoms with Crippen molar-refractivity contribution in [3.63, 3.8) is 0 Å². The van der Waals surface area contributed by atoms with Gasteiger partial charge >= 0.3 is 11.9 Å². The summed E-state index contributed by atoms with van der Waals surface area (Å²) in [6.45, 7) is 3.46. The van der Waals surface area contributed by atoms with Gasteiger partial charge in [-0.25, -0.2) is 0 Å². The number of esters is 2. The summed E-state index contributed by atoms with van der Waals surface area (Å²) >= 11 is 0. The van der Waals surface area contributed by atoms with Crippen molar-refractivity contribution in [1.29, 1.82) is 0 Å². The van der Waals surface area contributed by atoms with Gasteiger partial charge in [0.1, 0.15) is 6.61 Å². The second-order valence-corrected chi connectivity index (χ2v) is 9.17. The molecule has 36 heavy (non-hydrogen) atoms. The fourth-order valence-electron chi connectivity index (χ4n) is 4.64. The van der Waals surface area contributed by atoms with E-state index in [2.05, 4.69) is 4.98 Å². The zero-order valence-electron chi connectivity index (χ0n) is 20.3. The van der Waals surface area contributed by atoms with Crippen LogP contribution in [0.5, 0.6) is 11.5 Å². The summed E-state index contributed by atoms with van der Waals surface area (Å²) < 4.78 is 22.6. The Bertz CT molecular complexity index is 1390. The number of methoxy groups -OCH3 is 1. The lowest BCUT2D eigenvalue weighted by atomic mass is 9.80. The van der Waals surface area contributed by atoms with Gasteiger partial charge in [0.25, 0.3) is 5.79 Å². The molecule has 0 radical (unpaired) electrons. The number of aromatic amines is 1. The highest BCUT2D eigenvalue weighted by molar-refractivity contribution is 5.99.